The van der Waals surface area contributed by atoms with Crippen molar-refractivity contribution in [1.29, 1.82) is 0 Å². The van der Waals surface area contributed by atoms with Gasteiger partial charge in [0.05, 0.1) is 22.5 Å². The Labute approximate surface area is 160 Å². The number of nitrogen functional groups attached to an aromatic ring is 1. The molecule has 0 saturated carbocycles. The van der Waals surface area contributed by atoms with Gasteiger partial charge in [0.2, 0.25) is 0 Å². The first-order chi connectivity index (χ1) is 13.3. The van der Waals surface area contributed by atoms with E-state index in [1.165, 1.54) is 24.4 Å². The van der Waals surface area contributed by atoms with Gasteiger partial charge in [-0.25, -0.2) is 18.2 Å². The van der Waals surface area contributed by atoms with E-state index < -0.39 is 15.9 Å². The van der Waals surface area contributed by atoms with Crippen LogP contribution in [0.15, 0.2) is 59.8 Å². The van der Waals surface area contributed by atoms with Crippen LogP contribution in [0.1, 0.15) is 0 Å². The molecule has 9 nitrogen and oxygen atoms in total. The van der Waals surface area contributed by atoms with Crippen molar-refractivity contribution >= 4 is 38.4 Å². The van der Waals surface area contributed by atoms with Gasteiger partial charge >= 0.3 is 6.03 Å². The SMILES string of the molecule is CS(=O)(=O)c1ccc(-c2cc(NC(=O)n3nccc3N)c3cc[nH]c3n2)cc1. The highest BCUT2D eigenvalue weighted by Gasteiger charge is 2.14. The van der Waals surface area contributed by atoms with E-state index in [0.717, 1.165) is 16.3 Å². The Bertz CT molecular complexity index is 1290. The summed E-state index contributed by atoms with van der Waals surface area (Å²) in [5, 5.41) is 7.40. The highest BCUT2D eigenvalue weighted by atomic mass is 32.2. The maximum absolute atomic E-state index is 12.5. The van der Waals surface area contributed by atoms with Crippen molar-refractivity contribution in [3.05, 3.63) is 54.9 Å². The molecular weight excluding hydrogens is 380 g/mol. The molecule has 0 aliphatic carbocycles. The predicted molar refractivity (Wildman–Crippen MR) is 106 cm³/mol. The first-order valence-corrected chi connectivity index (χ1v) is 10.1. The van der Waals surface area contributed by atoms with Gasteiger partial charge in [0.15, 0.2) is 9.84 Å². The Morgan fingerprint density at radius 3 is 2.57 bits per heavy atom. The predicted octanol–water partition coefficient (Wildman–Crippen LogP) is 2.49. The molecular formula is C18H16N6O3S. The molecule has 28 heavy (non-hydrogen) atoms. The average molecular weight is 396 g/mol. The van der Waals surface area contributed by atoms with Crippen LogP contribution in [0.4, 0.5) is 16.3 Å². The molecule has 10 heteroatoms. The van der Waals surface area contributed by atoms with E-state index in [9.17, 15) is 13.2 Å². The van der Waals surface area contributed by atoms with E-state index in [-0.39, 0.29) is 10.7 Å². The number of rotatable bonds is 3. The fourth-order valence-corrected chi connectivity index (χ4v) is 3.44. The van der Waals surface area contributed by atoms with E-state index >= 15 is 0 Å². The van der Waals surface area contributed by atoms with Crippen molar-refractivity contribution < 1.29 is 13.2 Å². The van der Waals surface area contributed by atoms with E-state index in [1.807, 2.05) is 0 Å². The second-order valence-corrected chi connectivity index (χ2v) is 8.21. The topological polar surface area (TPSA) is 136 Å². The standard InChI is InChI=1S/C18H16N6O3S/c1-28(26,27)12-4-2-11(3-5-12)14-10-15(13-6-8-20-17(13)22-14)23-18(25)24-16(19)7-9-21-24/h2-10H,19H2,1H3,(H2,20,22,23,25). The molecule has 0 spiro atoms. The van der Waals surface area contributed by atoms with Crippen molar-refractivity contribution in [3.8, 4) is 11.3 Å². The quantitative estimate of drug-likeness (QED) is 0.487. The van der Waals surface area contributed by atoms with Crippen molar-refractivity contribution in [2.24, 2.45) is 0 Å². The van der Waals surface area contributed by atoms with E-state index in [2.05, 4.69) is 20.4 Å². The van der Waals surface area contributed by atoms with Crippen molar-refractivity contribution in [2.75, 3.05) is 17.3 Å². The third-order valence-electron chi connectivity index (χ3n) is 4.21. The summed E-state index contributed by atoms with van der Waals surface area (Å²) < 4.78 is 24.4. The van der Waals surface area contributed by atoms with Gasteiger partial charge < -0.3 is 16.0 Å². The van der Waals surface area contributed by atoms with Gasteiger partial charge in [0.1, 0.15) is 11.5 Å². The zero-order valence-corrected chi connectivity index (χ0v) is 15.6. The number of carbonyl (C=O) groups excluding carboxylic acids is 1. The Morgan fingerprint density at radius 2 is 1.93 bits per heavy atom. The number of fused-ring (bicyclic) bond motifs is 1. The molecule has 4 rings (SSSR count). The van der Waals surface area contributed by atoms with Gasteiger partial charge in [0, 0.05) is 29.5 Å². The molecule has 3 heterocycles. The lowest BCUT2D eigenvalue weighted by Gasteiger charge is -2.10. The molecule has 0 aliphatic heterocycles. The Morgan fingerprint density at radius 1 is 1.18 bits per heavy atom. The van der Waals surface area contributed by atoms with Crippen LogP contribution in [-0.2, 0) is 9.84 Å². The number of nitrogens with one attached hydrogen (secondary N) is 2. The van der Waals surface area contributed by atoms with Crippen LogP contribution >= 0.6 is 0 Å². The van der Waals surface area contributed by atoms with Crippen LogP contribution in [0, 0.1) is 0 Å². The zero-order valence-electron chi connectivity index (χ0n) is 14.7. The normalized spacial score (nSPS) is 11.6. The number of H-pyrrole nitrogens is 1. The zero-order chi connectivity index (χ0) is 19.9. The second kappa shape index (κ2) is 6.50. The molecule has 3 aromatic heterocycles. The summed E-state index contributed by atoms with van der Waals surface area (Å²) in [6.07, 6.45) is 4.30. The molecule has 4 aromatic rings. The molecule has 0 aliphatic rings. The molecule has 1 aromatic carbocycles. The summed E-state index contributed by atoms with van der Waals surface area (Å²) in [6, 6.07) is 10.9. The summed E-state index contributed by atoms with van der Waals surface area (Å²) >= 11 is 0. The molecule has 142 valence electrons. The molecule has 0 saturated heterocycles. The number of aromatic amines is 1. The van der Waals surface area contributed by atoms with Crippen molar-refractivity contribution in [3.63, 3.8) is 0 Å². The maximum Gasteiger partial charge on any atom is 0.348 e. The fourth-order valence-electron chi connectivity index (χ4n) is 2.81. The first-order valence-electron chi connectivity index (χ1n) is 8.22. The average Bonchev–Trinajstić information content (AvgIpc) is 3.29. The van der Waals surface area contributed by atoms with E-state index in [1.54, 1.807) is 30.5 Å². The second-order valence-electron chi connectivity index (χ2n) is 6.19. The molecule has 0 bridgehead atoms. The van der Waals surface area contributed by atoms with Crippen LogP contribution < -0.4 is 11.1 Å². The lowest BCUT2D eigenvalue weighted by molar-refractivity contribution is 0.251. The number of amides is 1. The number of nitrogens with two attached hydrogens (primary N) is 1. The van der Waals surface area contributed by atoms with Crippen LogP contribution in [0.2, 0.25) is 0 Å². The van der Waals surface area contributed by atoms with Crippen molar-refractivity contribution in [1.82, 2.24) is 19.7 Å². The van der Waals surface area contributed by atoms with Crippen LogP contribution in [-0.4, -0.2) is 40.5 Å². The first kappa shape index (κ1) is 17.7. The minimum atomic E-state index is -3.29. The van der Waals surface area contributed by atoms with Crippen LogP contribution in [0.5, 0.6) is 0 Å². The number of nitrogens with zero attached hydrogens (tertiary/aromatic N) is 3. The van der Waals surface area contributed by atoms with Crippen molar-refractivity contribution in [2.45, 2.75) is 4.90 Å². The third-order valence-corrected chi connectivity index (χ3v) is 5.34. The molecule has 0 radical (unpaired) electrons. The smallest absolute Gasteiger partial charge is 0.348 e. The molecule has 0 fully saturated rings. The maximum atomic E-state index is 12.5. The summed E-state index contributed by atoms with van der Waals surface area (Å²) in [5.41, 5.74) is 8.10. The highest BCUT2D eigenvalue weighted by Crippen LogP contribution is 2.28. The lowest BCUT2D eigenvalue weighted by Crippen LogP contribution is -2.22. The minimum Gasteiger partial charge on any atom is -0.383 e. The van der Waals surface area contributed by atoms with Gasteiger partial charge in [-0.05, 0) is 24.3 Å². The summed E-state index contributed by atoms with van der Waals surface area (Å²) in [4.78, 5) is 20.3. The number of pyridine rings is 1. The molecule has 1 amide bonds. The Balaban J connectivity index is 1.75. The molecule has 0 unspecified atom stereocenters. The van der Waals surface area contributed by atoms with E-state index in [0.29, 0.717) is 22.6 Å². The van der Waals surface area contributed by atoms with Gasteiger partial charge in [0.25, 0.3) is 0 Å². The lowest BCUT2D eigenvalue weighted by atomic mass is 10.1. The largest absolute Gasteiger partial charge is 0.383 e. The number of aromatic nitrogens is 4. The van der Waals surface area contributed by atoms with Gasteiger partial charge in [-0.1, -0.05) is 12.1 Å². The van der Waals surface area contributed by atoms with Gasteiger partial charge in [-0.3, -0.25) is 0 Å². The van der Waals surface area contributed by atoms with Gasteiger partial charge in [-0.2, -0.15) is 9.78 Å². The van der Waals surface area contributed by atoms with E-state index in [4.69, 9.17) is 5.73 Å². The molecule has 0 atom stereocenters. The highest BCUT2D eigenvalue weighted by molar-refractivity contribution is 7.90. The number of sulfone groups is 1. The summed E-state index contributed by atoms with van der Waals surface area (Å²) in [7, 11) is -3.29. The van der Waals surface area contributed by atoms with Gasteiger partial charge in [-0.15, -0.1) is 0 Å². The number of anilines is 2. The number of benzene rings is 1. The Hall–Kier alpha value is -3.66. The third kappa shape index (κ3) is 3.21. The minimum absolute atomic E-state index is 0.216. The van der Waals surface area contributed by atoms with Crippen LogP contribution in [0.25, 0.3) is 22.3 Å². The molecule has 4 N–H and O–H groups in total. The number of carbonyl (C=O) groups is 1. The Kier molecular flexibility index (Phi) is 4.12. The number of hydrogen-bond acceptors (Lipinski definition) is 6. The van der Waals surface area contributed by atoms with Crippen LogP contribution in [0.3, 0.4) is 0 Å². The fraction of sp³-hybridized carbons (Fsp3) is 0.0556. The number of hydrogen-bond donors (Lipinski definition) is 3. The summed E-state index contributed by atoms with van der Waals surface area (Å²) in [6.45, 7) is 0. The summed E-state index contributed by atoms with van der Waals surface area (Å²) in [5.74, 6) is 0.216. The monoisotopic (exact) mass is 396 g/mol.